The lowest BCUT2D eigenvalue weighted by Crippen LogP contribution is -2.35. The van der Waals surface area contributed by atoms with Crippen molar-refractivity contribution in [3.05, 3.63) is 28.8 Å². The second-order valence-corrected chi connectivity index (χ2v) is 4.86. The molecule has 0 aromatic heterocycles. The van der Waals surface area contributed by atoms with E-state index < -0.39 is 6.09 Å². The van der Waals surface area contributed by atoms with Gasteiger partial charge in [-0.1, -0.05) is 6.07 Å². The van der Waals surface area contributed by atoms with E-state index in [1.54, 1.807) is 6.07 Å². The second-order valence-electron chi connectivity index (χ2n) is 4.86. The third-order valence-electron chi connectivity index (χ3n) is 3.71. The lowest BCUT2D eigenvalue weighted by molar-refractivity contribution is 0.139. The summed E-state index contributed by atoms with van der Waals surface area (Å²) in [5.74, 6) is 0.871. The van der Waals surface area contributed by atoms with Gasteiger partial charge in [0.05, 0.1) is 6.54 Å². The number of hydrogen-bond donors (Lipinski definition) is 2. The summed E-state index contributed by atoms with van der Waals surface area (Å²) in [7, 11) is 0. The molecule has 4 heteroatoms. The van der Waals surface area contributed by atoms with Gasteiger partial charge in [0.2, 0.25) is 0 Å². The van der Waals surface area contributed by atoms with Gasteiger partial charge in [0, 0.05) is 12.1 Å². The summed E-state index contributed by atoms with van der Waals surface area (Å²) in [5.41, 5.74) is 3.32. The Morgan fingerprint density at radius 2 is 2.06 bits per heavy atom. The number of phenols is 1. The molecule has 1 amide bonds. The molecule has 1 heterocycles. The molecule has 0 atom stereocenters. The number of hydrogen-bond acceptors (Lipinski definition) is 2. The number of aromatic hydroxyl groups is 1. The number of rotatable bonds is 1. The van der Waals surface area contributed by atoms with Crippen LogP contribution in [0.5, 0.6) is 5.75 Å². The minimum absolute atomic E-state index is 0.232. The summed E-state index contributed by atoms with van der Waals surface area (Å²) in [6.45, 7) is 0.850. The molecule has 1 aromatic rings. The number of phenolic OH excluding ortho intramolecular Hbond substituents is 1. The zero-order valence-electron chi connectivity index (χ0n) is 9.52. The van der Waals surface area contributed by atoms with E-state index in [0.717, 1.165) is 12.0 Å². The Bertz CT molecular complexity index is 480. The number of amides is 1. The summed E-state index contributed by atoms with van der Waals surface area (Å²) < 4.78 is 0. The summed E-state index contributed by atoms with van der Waals surface area (Å²) in [5, 5.41) is 18.9. The van der Waals surface area contributed by atoms with Gasteiger partial charge < -0.3 is 15.1 Å². The first kappa shape index (κ1) is 10.4. The van der Waals surface area contributed by atoms with Gasteiger partial charge in [-0.25, -0.2) is 4.79 Å². The van der Waals surface area contributed by atoms with E-state index in [4.69, 9.17) is 5.11 Å². The van der Waals surface area contributed by atoms with Crippen LogP contribution in [0.15, 0.2) is 12.1 Å². The standard InChI is InChI=1S/C13H15NO3/c15-12-4-3-9(8-1-2-8)10-5-6-14(13(16)17)7-11(10)12/h3-4,8,15H,1-2,5-7H2,(H,16,17). The predicted octanol–water partition coefficient (Wildman–Crippen LogP) is 2.31. The van der Waals surface area contributed by atoms with Crippen LogP contribution in [0.2, 0.25) is 0 Å². The van der Waals surface area contributed by atoms with Gasteiger partial charge in [0.15, 0.2) is 0 Å². The third-order valence-corrected chi connectivity index (χ3v) is 3.71. The van der Waals surface area contributed by atoms with Crippen LogP contribution in [0.1, 0.15) is 35.4 Å². The van der Waals surface area contributed by atoms with E-state index in [1.807, 2.05) is 6.07 Å². The number of carbonyl (C=O) groups is 1. The molecule has 1 aliphatic heterocycles. The van der Waals surface area contributed by atoms with Crippen molar-refractivity contribution < 1.29 is 15.0 Å². The van der Waals surface area contributed by atoms with Crippen LogP contribution < -0.4 is 0 Å². The molecular formula is C13H15NO3. The Kier molecular flexibility index (Phi) is 2.24. The predicted molar refractivity (Wildman–Crippen MR) is 62.2 cm³/mol. The molecule has 1 aliphatic carbocycles. The highest BCUT2D eigenvalue weighted by Crippen LogP contribution is 2.44. The Labute approximate surface area is 99.5 Å². The van der Waals surface area contributed by atoms with Crippen LogP contribution in [-0.2, 0) is 13.0 Å². The Morgan fingerprint density at radius 3 is 2.71 bits per heavy atom. The Hall–Kier alpha value is -1.71. The van der Waals surface area contributed by atoms with E-state index in [-0.39, 0.29) is 5.75 Å². The first-order chi connectivity index (χ1) is 8.16. The Morgan fingerprint density at radius 1 is 1.29 bits per heavy atom. The maximum Gasteiger partial charge on any atom is 0.407 e. The van der Waals surface area contributed by atoms with Crippen molar-refractivity contribution in [2.75, 3.05) is 6.54 Å². The van der Waals surface area contributed by atoms with Gasteiger partial charge >= 0.3 is 6.09 Å². The van der Waals surface area contributed by atoms with Gasteiger partial charge in [-0.05, 0) is 42.4 Å². The molecule has 3 rings (SSSR count). The average molecular weight is 233 g/mol. The van der Waals surface area contributed by atoms with Crippen molar-refractivity contribution in [1.29, 1.82) is 0 Å². The van der Waals surface area contributed by atoms with E-state index >= 15 is 0 Å². The van der Waals surface area contributed by atoms with Crippen LogP contribution in [0.25, 0.3) is 0 Å². The Balaban J connectivity index is 2.01. The number of nitrogens with zero attached hydrogens (tertiary/aromatic N) is 1. The maximum absolute atomic E-state index is 11.0. The average Bonchev–Trinajstić information content (AvgIpc) is 3.13. The third kappa shape index (κ3) is 1.73. The lowest BCUT2D eigenvalue weighted by Gasteiger charge is -2.28. The smallest absolute Gasteiger partial charge is 0.407 e. The molecule has 0 saturated heterocycles. The van der Waals surface area contributed by atoms with Crippen molar-refractivity contribution >= 4 is 6.09 Å². The summed E-state index contributed by atoms with van der Waals surface area (Å²) in [6, 6.07) is 3.71. The molecule has 0 unspecified atom stereocenters. The molecule has 4 nitrogen and oxygen atoms in total. The maximum atomic E-state index is 11.0. The largest absolute Gasteiger partial charge is 0.508 e. The molecule has 2 aliphatic rings. The number of carboxylic acid groups (broad SMARTS) is 1. The zero-order chi connectivity index (χ0) is 12.0. The SMILES string of the molecule is O=C(O)N1CCc2c(C3CC3)ccc(O)c2C1. The van der Waals surface area contributed by atoms with E-state index in [0.29, 0.717) is 19.0 Å². The van der Waals surface area contributed by atoms with Crippen LogP contribution in [0, 0.1) is 0 Å². The molecule has 90 valence electrons. The minimum atomic E-state index is -0.910. The summed E-state index contributed by atoms with van der Waals surface area (Å²) in [4.78, 5) is 12.3. The topological polar surface area (TPSA) is 60.8 Å². The molecule has 1 fully saturated rings. The summed E-state index contributed by atoms with van der Waals surface area (Å²) in [6.07, 6.45) is 2.26. The van der Waals surface area contributed by atoms with E-state index in [2.05, 4.69) is 0 Å². The fourth-order valence-electron chi connectivity index (χ4n) is 2.63. The minimum Gasteiger partial charge on any atom is -0.508 e. The molecule has 0 bridgehead atoms. The van der Waals surface area contributed by atoms with Gasteiger partial charge in [-0.15, -0.1) is 0 Å². The number of fused-ring (bicyclic) bond motifs is 1. The van der Waals surface area contributed by atoms with Gasteiger partial charge in [0.1, 0.15) is 5.75 Å². The highest BCUT2D eigenvalue weighted by Gasteiger charge is 2.31. The first-order valence-electron chi connectivity index (χ1n) is 5.98. The molecule has 1 saturated carbocycles. The van der Waals surface area contributed by atoms with Gasteiger partial charge in [-0.3, -0.25) is 0 Å². The zero-order valence-corrected chi connectivity index (χ0v) is 9.52. The fraction of sp³-hybridized carbons (Fsp3) is 0.462. The molecular weight excluding hydrogens is 218 g/mol. The molecule has 2 N–H and O–H groups in total. The van der Waals surface area contributed by atoms with Crippen molar-refractivity contribution in [2.24, 2.45) is 0 Å². The number of benzene rings is 1. The highest BCUT2D eigenvalue weighted by molar-refractivity contribution is 5.66. The quantitative estimate of drug-likeness (QED) is 0.782. The fourth-order valence-corrected chi connectivity index (χ4v) is 2.63. The van der Waals surface area contributed by atoms with Crippen LogP contribution in [0.3, 0.4) is 0 Å². The highest BCUT2D eigenvalue weighted by atomic mass is 16.4. The van der Waals surface area contributed by atoms with Crippen LogP contribution in [0.4, 0.5) is 4.79 Å². The van der Waals surface area contributed by atoms with Crippen molar-refractivity contribution in [1.82, 2.24) is 4.90 Å². The lowest BCUT2D eigenvalue weighted by atomic mass is 9.91. The normalized spacial score (nSPS) is 18.9. The van der Waals surface area contributed by atoms with Crippen molar-refractivity contribution in [2.45, 2.75) is 31.7 Å². The van der Waals surface area contributed by atoms with E-state index in [9.17, 15) is 9.90 Å². The van der Waals surface area contributed by atoms with Crippen molar-refractivity contribution in [3.8, 4) is 5.75 Å². The molecule has 17 heavy (non-hydrogen) atoms. The van der Waals surface area contributed by atoms with Crippen LogP contribution >= 0.6 is 0 Å². The molecule has 0 radical (unpaired) electrons. The molecule has 1 aromatic carbocycles. The van der Waals surface area contributed by atoms with Crippen molar-refractivity contribution in [3.63, 3.8) is 0 Å². The summed E-state index contributed by atoms with van der Waals surface area (Å²) >= 11 is 0. The second kappa shape index (κ2) is 3.65. The molecule has 0 spiro atoms. The van der Waals surface area contributed by atoms with Gasteiger partial charge in [0.25, 0.3) is 0 Å². The first-order valence-corrected chi connectivity index (χ1v) is 5.98. The van der Waals surface area contributed by atoms with Gasteiger partial charge in [-0.2, -0.15) is 0 Å². The van der Waals surface area contributed by atoms with Crippen LogP contribution in [-0.4, -0.2) is 27.8 Å². The monoisotopic (exact) mass is 233 g/mol. The van der Waals surface area contributed by atoms with E-state index in [1.165, 1.54) is 28.9 Å².